The van der Waals surface area contributed by atoms with Crippen molar-refractivity contribution in [1.82, 2.24) is 0 Å². The molecule has 0 fully saturated rings. The van der Waals surface area contributed by atoms with Gasteiger partial charge in [0.1, 0.15) is 0 Å². The van der Waals surface area contributed by atoms with Gasteiger partial charge in [0.05, 0.1) is 24.7 Å². The van der Waals surface area contributed by atoms with Crippen molar-refractivity contribution in [3.05, 3.63) is 29.8 Å². The summed E-state index contributed by atoms with van der Waals surface area (Å²) in [5.74, 6) is -1.22. The first-order valence-corrected chi connectivity index (χ1v) is 7.32. The number of anilines is 1. The Morgan fingerprint density at radius 3 is 2.81 bits per heavy atom. The minimum Gasteiger partial charge on any atom is -0.481 e. The van der Waals surface area contributed by atoms with E-state index in [2.05, 4.69) is 0 Å². The van der Waals surface area contributed by atoms with Gasteiger partial charge < -0.3 is 19.8 Å². The van der Waals surface area contributed by atoms with Gasteiger partial charge in [-0.1, -0.05) is 18.2 Å². The topological polar surface area (TPSA) is 70.0 Å². The molecule has 5 nitrogen and oxygen atoms in total. The van der Waals surface area contributed by atoms with Crippen molar-refractivity contribution >= 4 is 11.7 Å². The first-order valence-electron chi connectivity index (χ1n) is 7.32. The molecule has 116 valence electrons. The third kappa shape index (κ3) is 4.19. The number of carbonyl (C=O) groups is 1. The van der Waals surface area contributed by atoms with Gasteiger partial charge in [-0.25, -0.2) is 0 Å². The van der Waals surface area contributed by atoms with E-state index in [0.29, 0.717) is 19.5 Å². The van der Waals surface area contributed by atoms with Crippen molar-refractivity contribution in [2.75, 3.05) is 24.6 Å². The molecule has 1 aliphatic rings. The number of hydrogen-bond donors (Lipinski definition) is 2. The lowest BCUT2D eigenvalue weighted by atomic mass is 9.92. The van der Waals surface area contributed by atoms with Gasteiger partial charge in [-0.2, -0.15) is 0 Å². The SMILES string of the molecule is CC(C)OCC(O)CN1CC(C(=O)O)Cc2ccccc21. The number of fused-ring (bicyclic) bond motifs is 1. The predicted molar refractivity (Wildman–Crippen MR) is 80.6 cm³/mol. The molecule has 1 aromatic rings. The van der Waals surface area contributed by atoms with Crippen molar-refractivity contribution in [2.24, 2.45) is 5.92 Å². The maximum absolute atomic E-state index is 11.3. The van der Waals surface area contributed by atoms with Crippen molar-refractivity contribution < 1.29 is 19.7 Å². The third-order valence-corrected chi connectivity index (χ3v) is 3.64. The third-order valence-electron chi connectivity index (χ3n) is 3.64. The van der Waals surface area contributed by atoms with Gasteiger partial charge in [-0.15, -0.1) is 0 Å². The summed E-state index contributed by atoms with van der Waals surface area (Å²) in [6.07, 6.45) is -0.0197. The first-order chi connectivity index (χ1) is 9.97. The molecule has 1 heterocycles. The highest BCUT2D eigenvalue weighted by Gasteiger charge is 2.29. The second kappa shape index (κ2) is 6.91. The molecule has 0 bridgehead atoms. The highest BCUT2D eigenvalue weighted by atomic mass is 16.5. The number of nitrogens with zero attached hydrogens (tertiary/aromatic N) is 1. The molecule has 0 spiro atoms. The van der Waals surface area contributed by atoms with Crippen LogP contribution in [0.1, 0.15) is 19.4 Å². The number of aliphatic carboxylic acids is 1. The first kappa shape index (κ1) is 15.8. The summed E-state index contributed by atoms with van der Waals surface area (Å²) in [6, 6.07) is 7.78. The molecule has 0 aliphatic carbocycles. The maximum Gasteiger partial charge on any atom is 0.308 e. The average molecular weight is 293 g/mol. The zero-order valence-corrected chi connectivity index (χ0v) is 12.5. The average Bonchev–Trinajstić information content (AvgIpc) is 2.45. The van der Waals surface area contributed by atoms with E-state index in [1.54, 1.807) is 0 Å². The molecule has 2 atom stereocenters. The van der Waals surface area contributed by atoms with Crippen LogP contribution in [0.25, 0.3) is 0 Å². The van der Waals surface area contributed by atoms with Crippen LogP contribution in [-0.4, -0.2) is 48.1 Å². The summed E-state index contributed by atoms with van der Waals surface area (Å²) in [7, 11) is 0. The van der Waals surface area contributed by atoms with Crippen molar-refractivity contribution in [3.63, 3.8) is 0 Å². The number of carboxylic acid groups (broad SMARTS) is 1. The van der Waals surface area contributed by atoms with E-state index >= 15 is 0 Å². The molecule has 0 saturated heterocycles. The zero-order valence-electron chi connectivity index (χ0n) is 12.5. The van der Waals surface area contributed by atoms with Crippen molar-refractivity contribution in [1.29, 1.82) is 0 Å². The van der Waals surface area contributed by atoms with E-state index < -0.39 is 18.0 Å². The highest BCUT2D eigenvalue weighted by molar-refractivity contribution is 5.73. The number of carboxylic acids is 1. The fourth-order valence-electron chi connectivity index (χ4n) is 2.64. The summed E-state index contributed by atoms with van der Waals surface area (Å²) < 4.78 is 5.41. The Morgan fingerprint density at radius 1 is 1.43 bits per heavy atom. The van der Waals surface area contributed by atoms with E-state index in [4.69, 9.17) is 4.74 Å². The maximum atomic E-state index is 11.3. The molecule has 2 unspecified atom stereocenters. The molecule has 0 radical (unpaired) electrons. The van der Waals surface area contributed by atoms with Gasteiger partial charge in [0.2, 0.25) is 0 Å². The van der Waals surface area contributed by atoms with Crippen LogP contribution in [0.4, 0.5) is 5.69 Å². The molecule has 0 aromatic heterocycles. The van der Waals surface area contributed by atoms with Gasteiger partial charge in [-0.3, -0.25) is 4.79 Å². The number of aliphatic hydroxyl groups is 1. The Labute approximate surface area is 125 Å². The monoisotopic (exact) mass is 293 g/mol. The van der Waals surface area contributed by atoms with Crippen LogP contribution in [-0.2, 0) is 16.0 Å². The Bertz CT molecular complexity index is 489. The zero-order chi connectivity index (χ0) is 15.4. The fourth-order valence-corrected chi connectivity index (χ4v) is 2.64. The second-order valence-corrected chi connectivity index (χ2v) is 5.81. The van der Waals surface area contributed by atoms with Gasteiger partial charge in [0.15, 0.2) is 0 Å². The van der Waals surface area contributed by atoms with Crippen LogP contribution in [0.5, 0.6) is 0 Å². The minimum absolute atomic E-state index is 0.0695. The van der Waals surface area contributed by atoms with Gasteiger partial charge in [0.25, 0.3) is 0 Å². The largest absolute Gasteiger partial charge is 0.481 e. The summed E-state index contributed by atoms with van der Waals surface area (Å²) in [5, 5.41) is 19.4. The van der Waals surface area contributed by atoms with Gasteiger partial charge in [-0.05, 0) is 31.9 Å². The number of hydrogen-bond acceptors (Lipinski definition) is 4. The molecule has 5 heteroatoms. The fraction of sp³-hybridized carbons (Fsp3) is 0.562. The molecule has 1 aromatic carbocycles. The lowest BCUT2D eigenvalue weighted by Crippen LogP contribution is -2.43. The Balaban J connectivity index is 2.08. The molecule has 1 aliphatic heterocycles. The Hall–Kier alpha value is -1.59. The number of β-amino-alcohol motifs (C(OH)–C–C–N with tert-alkyl or cyclic N) is 1. The summed E-state index contributed by atoms with van der Waals surface area (Å²) in [6.45, 7) is 4.90. The molecular formula is C16H23NO4. The van der Waals surface area contributed by atoms with E-state index in [9.17, 15) is 15.0 Å². The lowest BCUT2D eigenvalue weighted by molar-refractivity contribution is -0.141. The quantitative estimate of drug-likeness (QED) is 0.832. The lowest BCUT2D eigenvalue weighted by Gasteiger charge is -2.35. The molecular weight excluding hydrogens is 270 g/mol. The van der Waals surface area contributed by atoms with Crippen LogP contribution < -0.4 is 4.90 Å². The van der Waals surface area contributed by atoms with Crippen LogP contribution in [0.2, 0.25) is 0 Å². The Morgan fingerprint density at radius 2 is 2.14 bits per heavy atom. The Kier molecular flexibility index (Phi) is 5.20. The predicted octanol–water partition coefficient (Wildman–Crippen LogP) is 1.54. The van der Waals surface area contributed by atoms with Crippen molar-refractivity contribution in [2.45, 2.75) is 32.5 Å². The number of ether oxygens (including phenoxy) is 1. The highest BCUT2D eigenvalue weighted by Crippen LogP contribution is 2.29. The number of aliphatic hydroxyl groups excluding tert-OH is 1. The van der Waals surface area contributed by atoms with E-state index in [0.717, 1.165) is 11.3 Å². The molecule has 21 heavy (non-hydrogen) atoms. The van der Waals surface area contributed by atoms with E-state index in [1.807, 2.05) is 43.0 Å². The smallest absolute Gasteiger partial charge is 0.308 e. The molecule has 0 amide bonds. The van der Waals surface area contributed by atoms with Crippen LogP contribution >= 0.6 is 0 Å². The molecule has 0 saturated carbocycles. The number of benzene rings is 1. The van der Waals surface area contributed by atoms with Crippen molar-refractivity contribution in [3.8, 4) is 0 Å². The minimum atomic E-state index is -0.789. The van der Waals surface area contributed by atoms with E-state index in [-0.39, 0.29) is 12.7 Å². The van der Waals surface area contributed by atoms with Crippen LogP contribution in [0.3, 0.4) is 0 Å². The summed E-state index contributed by atoms with van der Waals surface area (Å²) in [5.41, 5.74) is 2.03. The van der Waals surface area contributed by atoms with Gasteiger partial charge >= 0.3 is 5.97 Å². The number of para-hydroxylation sites is 1. The second-order valence-electron chi connectivity index (χ2n) is 5.81. The molecule has 2 rings (SSSR count). The van der Waals surface area contributed by atoms with Crippen LogP contribution in [0, 0.1) is 5.92 Å². The van der Waals surface area contributed by atoms with Crippen LogP contribution in [0.15, 0.2) is 24.3 Å². The van der Waals surface area contributed by atoms with Gasteiger partial charge in [0, 0.05) is 18.8 Å². The molecule has 2 N–H and O–H groups in total. The standard InChI is InChI=1S/C16H23NO4/c1-11(2)21-10-14(18)9-17-8-13(16(19)20)7-12-5-3-4-6-15(12)17/h3-6,11,13-14,18H,7-10H2,1-2H3,(H,19,20). The normalized spacial score (nSPS) is 19.4. The van der Waals surface area contributed by atoms with E-state index in [1.165, 1.54) is 0 Å². The summed E-state index contributed by atoms with van der Waals surface area (Å²) >= 11 is 0. The number of rotatable bonds is 6. The summed E-state index contributed by atoms with van der Waals surface area (Å²) in [4.78, 5) is 13.2.